The van der Waals surface area contributed by atoms with E-state index in [0.29, 0.717) is 5.56 Å². The van der Waals surface area contributed by atoms with Crippen molar-refractivity contribution < 1.29 is 17.9 Å². The lowest BCUT2D eigenvalue weighted by Gasteiger charge is -2.13. The predicted molar refractivity (Wildman–Crippen MR) is 54.5 cm³/mol. The van der Waals surface area contributed by atoms with Crippen molar-refractivity contribution in [3.05, 3.63) is 22.9 Å². The van der Waals surface area contributed by atoms with Crippen LogP contribution in [-0.4, -0.2) is 11.3 Å². The molecule has 3 nitrogen and oxygen atoms in total. The summed E-state index contributed by atoms with van der Waals surface area (Å²) >= 11 is 5.51. The zero-order chi connectivity index (χ0) is 13.1. The summed E-state index contributed by atoms with van der Waals surface area (Å²) in [6.07, 6.45) is -4.83. The molecule has 0 aliphatic carbocycles. The van der Waals surface area contributed by atoms with E-state index in [9.17, 15) is 13.2 Å². The Bertz CT molecular complexity index is 454. The number of alkyl halides is 4. The van der Waals surface area contributed by atoms with Gasteiger partial charge in [-0.05, 0) is 18.6 Å². The topological polar surface area (TPSA) is 45.9 Å². The summed E-state index contributed by atoms with van der Waals surface area (Å²) < 4.78 is 40.1. The molecule has 0 spiro atoms. The third-order valence-corrected chi connectivity index (χ3v) is 2.28. The number of hydrogen-bond donors (Lipinski definition) is 0. The average molecular weight is 265 g/mol. The van der Waals surface area contributed by atoms with E-state index in [0.717, 1.165) is 0 Å². The van der Waals surface area contributed by atoms with Gasteiger partial charge in [-0.25, -0.2) is 4.98 Å². The number of rotatable bonds is 3. The highest BCUT2D eigenvalue weighted by Gasteiger charge is 2.33. The maximum Gasteiger partial charge on any atom is 0.574 e. The molecule has 1 aromatic heterocycles. The van der Waals surface area contributed by atoms with Gasteiger partial charge < -0.3 is 4.74 Å². The molecule has 0 bridgehead atoms. The molecule has 0 atom stereocenters. The van der Waals surface area contributed by atoms with Crippen LogP contribution in [0.1, 0.15) is 16.8 Å². The van der Waals surface area contributed by atoms with E-state index in [1.165, 1.54) is 13.0 Å². The molecule has 0 amide bonds. The molecule has 0 radical (unpaired) electrons. The molecular weight excluding hydrogens is 257 g/mol. The normalized spacial score (nSPS) is 11.1. The van der Waals surface area contributed by atoms with Gasteiger partial charge in [-0.15, -0.1) is 24.8 Å². The number of halogens is 4. The van der Waals surface area contributed by atoms with Crippen molar-refractivity contribution in [3.8, 4) is 11.9 Å². The monoisotopic (exact) mass is 264 g/mol. The van der Waals surface area contributed by atoms with Crippen LogP contribution >= 0.6 is 11.6 Å². The van der Waals surface area contributed by atoms with Gasteiger partial charge in [0.25, 0.3) is 0 Å². The van der Waals surface area contributed by atoms with Crippen LogP contribution in [0.25, 0.3) is 0 Å². The van der Waals surface area contributed by atoms with Gasteiger partial charge in [0, 0.05) is 5.56 Å². The molecule has 1 aromatic rings. The summed E-state index contributed by atoms with van der Waals surface area (Å²) in [6, 6.07) is 3.35. The standard InChI is InChI=1S/C10H8ClF3N2O/c1-6-7(2-3-15)4-8(5-11)16-9(6)17-10(12,13)14/h4H,2,5H2,1H3. The minimum Gasteiger partial charge on any atom is -0.388 e. The van der Waals surface area contributed by atoms with Crippen molar-refractivity contribution in [2.45, 2.75) is 25.6 Å². The molecule has 0 aromatic carbocycles. The molecule has 0 unspecified atom stereocenters. The Morgan fingerprint density at radius 2 is 2.18 bits per heavy atom. The van der Waals surface area contributed by atoms with Crippen LogP contribution < -0.4 is 4.74 Å². The zero-order valence-corrected chi connectivity index (χ0v) is 9.56. The number of nitriles is 1. The summed E-state index contributed by atoms with van der Waals surface area (Å²) in [5.41, 5.74) is 0.858. The lowest BCUT2D eigenvalue weighted by atomic mass is 10.1. The molecular formula is C10H8ClF3N2O. The van der Waals surface area contributed by atoms with E-state index in [1.54, 1.807) is 0 Å². The maximum atomic E-state index is 12.1. The van der Waals surface area contributed by atoms with Gasteiger partial charge in [0.1, 0.15) is 0 Å². The Morgan fingerprint density at radius 1 is 1.53 bits per heavy atom. The number of aromatic nitrogens is 1. The van der Waals surface area contributed by atoms with E-state index in [2.05, 4.69) is 9.72 Å². The van der Waals surface area contributed by atoms with Crippen LogP contribution in [0.15, 0.2) is 6.07 Å². The summed E-state index contributed by atoms with van der Waals surface area (Å²) in [6.45, 7) is 1.42. The number of pyridine rings is 1. The molecule has 92 valence electrons. The molecule has 1 heterocycles. The molecule has 0 aliphatic heterocycles. The first-order valence-corrected chi connectivity index (χ1v) is 5.09. The Labute approximate surface area is 101 Å². The fourth-order valence-electron chi connectivity index (χ4n) is 1.24. The largest absolute Gasteiger partial charge is 0.574 e. The fraction of sp³-hybridized carbons (Fsp3) is 0.400. The van der Waals surface area contributed by atoms with Crippen molar-refractivity contribution in [3.63, 3.8) is 0 Å². The van der Waals surface area contributed by atoms with Gasteiger partial charge >= 0.3 is 6.36 Å². The van der Waals surface area contributed by atoms with Crippen molar-refractivity contribution in [2.24, 2.45) is 0 Å². The second kappa shape index (κ2) is 5.23. The van der Waals surface area contributed by atoms with Crippen molar-refractivity contribution >= 4 is 11.6 Å². The van der Waals surface area contributed by atoms with E-state index < -0.39 is 12.2 Å². The zero-order valence-electron chi connectivity index (χ0n) is 8.81. The van der Waals surface area contributed by atoms with E-state index in [4.69, 9.17) is 16.9 Å². The Kier molecular flexibility index (Phi) is 4.18. The van der Waals surface area contributed by atoms with Crippen molar-refractivity contribution in [1.82, 2.24) is 4.98 Å². The van der Waals surface area contributed by atoms with Crippen LogP contribution in [0.4, 0.5) is 13.2 Å². The SMILES string of the molecule is Cc1c(CC#N)cc(CCl)nc1OC(F)(F)F. The molecule has 0 saturated carbocycles. The molecule has 17 heavy (non-hydrogen) atoms. The Morgan fingerprint density at radius 3 is 2.65 bits per heavy atom. The average Bonchev–Trinajstić information content (AvgIpc) is 2.22. The van der Waals surface area contributed by atoms with Crippen LogP contribution in [0.5, 0.6) is 5.88 Å². The van der Waals surface area contributed by atoms with E-state index in [-0.39, 0.29) is 23.6 Å². The summed E-state index contributed by atoms with van der Waals surface area (Å²) in [7, 11) is 0. The second-order valence-corrected chi connectivity index (χ2v) is 3.49. The van der Waals surface area contributed by atoms with E-state index >= 15 is 0 Å². The highest BCUT2D eigenvalue weighted by atomic mass is 35.5. The fourth-order valence-corrected chi connectivity index (χ4v) is 1.38. The van der Waals surface area contributed by atoms with Gasteiger partial charge in [-0.3, -0.25) is 0 Å². The van der Waals surface area contributed by atoms with Crippen LogP contribution in [0.3, 0.4) is 0 Å². The first-order valence-electron chi connectivity index (χ1n) is 4.55. The third kappa shape index (κ3) is 3.79. The molecule has 0 N–H and O–H groups in total. The first-order chi connectivity index (χ1) is 7.87. The van der Waals surface area contributed by atoms with Gasteiger partial charge in [0.15, 0.2) is 0 Å². The minimum absolute atomic E-state index is 0.0214. The minimum atomic E-state index is -4.81. The third-order valence-electron chi connectivity index (χ3n) is 2.01. The molecule has 0 fully saturated rings. The maximum absolute atomic E-state index is 12.1. The van der Waals surface area contributed by atoms with E-state index in [1.807, 2.05) is 6.07 Å². The number of nitrogens with zero attached hydrogens (tertiary/aromatic N) is 2. The van der Waals surface area contributed by atoms with Crippen molar-refractivity contribution in [2.75, 3.05) is 0 Å². The highest BCUT2D eigenvalue weighted by Crippen LogP contribution is 2.27. The summed E-state index contributed by atoms with van der Waals surface area (Å²) in [4.78, 5) is 3.64. The van der Waals surface area contributed by atoms with Gasteiger partial charge in [0.2, 0.25) is 5.88 Å². The molecule has 7 heteroatoms. The van der Waals surface area contributed by atoms with Crippen LogP contribution in [0, 0.1) is 18.3 Å². The van der Waals surface area contributed by atoms with Crippen LogP contribution in [-0.2, 0) is 12.3 Å². The Hall–Kier alpha value is -1.48. The number of ether oxygens (including phenoxy) is 1. The summed E-state index contributed by atoms with van der Waals surface area (Å²) in [5.74, 6) is -0.603. The second-order valence-electron chi connectivity index (χ2n) is 3.22. The quantitative estimate of drug-likeness (QED) is 0.788. The predicted octanol–water partition coefficient (Wildman–Crippen LogP) is 3.09. The smallest absolute Gasteiger partial charge is 0.388 e. The van der Waals surface area contributed by atoms with Gasteiger partial charge in [-0.2, -0.15) is 5.26 Å². The molecule has 0 saturated heterocycles. The first kappa shape index (κ1) is 13.6. The molecule has 1 rings (SSSR count). The highest BCUT2D eigenvalue weighted by molar-refractivity contribution is 6.16. The van der Waals surface area contributed by atoms with Gasteiger partial charge in [-0.1, -0.05) is 0 Å². The molecule has 0 aliphatic rings. The number of hydrogen-bond acceptors (Lipinski definition) is 3. The lowest BCUT2D eigenvalue weighted by molar-refractivity contribution is -0.276. The summed E-state index contributed by atoms with van der Waals surface area (Å²) in [5, 5.41) is 8.56. The van der Waals surface area contributed by atoms with Gasteiger partial charge in [0.05, 0.1) is 24.1 Å². The lowest BCUT2D eigenvalue weighted by Crippen LogP contribution is -2.19. The van der Waals surface area contributed by atoms with Crippen LogP contribution in [0.2, 0.25) is 0 Å². The Balaban J connectivity index is 3.20. The van der Waals surface area contributed by atoms with Crippen molar-refractivity contribution in [1.29, 1.82) is 5.26 Å².